The first-order valence-electron chi connectivity index (χ1n) is 5.74. The summed E-state index contributed by atoms with van der Waals surface area (Å²) in [6.45, 7) is 1.95. The maximum absolute atomic E-state index is 13.4. The molecule has 1 atom stereocenters. The van der Waals surface area contributed by atoms with Gasteiger partial charge in [-0.15, -0.1) is 0 Å². The Morgan fingerprint density at radius 2 is 2.35 bits per heavy atom. The average Bonchev–Trinajstić information content (AvgIpc) is 2.29. The minimum Gasteiger partial charge on any atom is -0.489 e. The fourth-order valence-electron chi connectivity index (χ4n) is 2.07. The van der Waals surface area contributed by atoms with Crippen molar-refractivity contribution in [2.24, 2.45) is 0 Å². The Balaban J connectivity index is 2.04. The van der Waals surface area contributed by atoms with Crippen LogP contribution >= 0.6 is 0 Å². The minimum absolute atomic E-state index is 0.0538. The van der Waals surface area contributed by atoms with Gasteiger partial charge in [-0.05, 0) is 38.6 Å². The van der Waals surface area contributed by atoms with Crippen molar-refractivity contribution in [2.45, 2.75) is 18.9 Å². The van der Waals surface area contributed by atoms with Gasteiger partial charge in [0.25, 0.3) is 0 Å². The second-order valence-electron chi connectivity index (χ2n) is 4.40. The number of piperidine rings is 1. The zero-order chi connectivity index (χ0) is 12.3. The van der Waals surface area contributed by atoms with Crippen LogP contribution in [0.1, 0.15) is 18.4 Å². The molecule has 0 aromatic heterocycles. The summed E-state index contributed by atoms with van der Waals surface area (Å²) >= 11 is 0. The van der Waals surface area contributed by atoms with E-state index in [2.05, 4.69) is 11.9 Å². The van der Waals surface area contributed by atoms with E-state index in [-0.39, 0.29) is 11.7 Å². The van der Waals surface area contributed by atoms with Gasteiger partial charge in [0.15, 0.2) is 0 Å². The molecule has 3 nitrogen and oxygen atoms in total. The van der Waals surface area contributed by atoms with Crippen molar-refractivity contribution in [2.75, 3.05) is 20.1 Å². The monoisotopic (exact) mass is 234 g/mol. The number of rotatable bonds is 2. The molecular weight excluding hydrogens is 219 g/mol. The van der Waals surface area contributed by atoms with Crippen LogP contribution < -0.4 is 4.74 Å². The Hall–Kier alpha value is -1.60. The van der Waals surface area contributed by atoms with Crippen LogP contribution in [-0.4, -0.2) is 31.1 Å². The molecule has 2 rings (SSSR count). The fourth-order valence-corrected chi connectivity index (χ4v) is 2.07. The molecule has 1 saturated heterocycles. The molecule has 1 aliphatic rings. The molecule has 1 aromatic rings. The SMILES string of the molecule is CN1CCCC(Oc2ccc(C#N)c(F)c2)C1. The first-order chi connectivity index (χ1) is 8.19. The van der Waals surface area contributed by atoms with Crippen molar-refractivity contribution in [1.29, 1.82) is 5.26 Å². The molecule has 1 fully saturated rings. The van der Waals surface area contributed by atoms with Gasteiger partial charge in [0, 0.05) is 12.6 Å². The number of halogens is 1. The molecule has 0 radical (unpaired) electrons. The van der Waals surface area contributed by atoms with Crippen molar-refractivity contribution in [1.82, 2.24) is 4.90 Å². The number of ether oxygens (including phenoxy) is 1. The van der Waals surface area contributed by atoms with E-state index in [0.717, 1.165) is 25.9 Å². The number of likely N-dealkylation sites (N-methyl/N-ethyl adjacent to an activating group) is 1. The van der Waals surface area contributed by atoms with Crippen LogP contribution in [0.15, 0.2) is 18.2 Å². The molecule has 1 unspecified atom stereocenters. The number of likely N-dealkylation sites (tertiary alicyclic amines) is 1. The summed E-state index contributed by atoms with van der Waals surface area (Å²) in [5.41, 5.74) is 0.0538. The average molecular weight is 234 g/mol. The first kappa shape index (κ1) is 11.9. The van der Waals surface area contributed by atoms with Crippen molar-refractivity contribution < 1.29 is 9.13 Å². The largest absolute Gasteiger partial charge is 0.489 e. The predicted molar refractivity (Wildman–Crippen MR) is 62.3 cm³/mol. The molecule has 4 heteroatoms. The smallest absolute Gasteiger partial charge is 0.144 e. The highest BCUT2D eigenvalue weighted by Gasteiger charge is 2.18. The van der Waals surface area contributed by atoms with Crippen LogP contribution in [0.3, 0.4) is 0 Å². The highest BCUT2D eigenvalue weighted by Crippen LogP contribution is 2.20. The molecule has 17 heavy (non-hydrogen) atoms. The van der Waals surface area contributed by atoms with Crippen molar-refractivity contribution >= 4 is 0 Å². The number of nitrogens with zero attached hydrogens (tertiary/aromatic N) is 2. The standard InChI is InChI=1S/C13H15FN2O/c1-16-6-2-3-12(9-16)17-11-5-4-10(8-15)13(14)7-11/h4-5,7,12H,2-3,6,9H2,1H3. The van der Waals surface area contributed by atoms with Gasteiger partial charge in [-0.1, -0.05) is 0 Å². The predicted octanol–water partition coefficient (Wildman–Crippen LogP) is 2.17. The van der Waals surface area contributed by atoms with E-state index in [4.69, 9.17) is 10.00 Å². The first-order valence-corrected chi connectivity index (χ1v) is 5.74. The molecule has 0 aliphatic carbocycles. The van der Waals surface area contributed by atoms with Crippen LogP contribution in [0.25, 0.3) is 0 Å². The summed E-state index contributed by atoms with van der Waals surface area (Å²) in [5, 5.41) is 8.63. The lowest BCUT2D eigenvalue weighted by Crippen LogP contribution is -2.38. The van der Waals surface area contributed by atoms with Gasteiger partial charge < -0.3 is 9.64 Å². The Morgan fingerprint density at radius 1 is 1.53 bits per heavy atom. The van der Waals surface area contributed by atoms with E-state index >= 15 is 0 Å². The highest BCUT2D eigenvalue weighted by atomic mass is 19.1. The lowest BCUT2D eigenvalue weighted by Gasteiger charge is -2.30. The van der Waals surface area contributed by atoms with Crippen LogP contribution in [0, 0.1) is 17.1 Å². The molecule has 0 bridgehead atoms. The summed E-state index contributed by atoms with van der Waals surface area (Å²) in [6, 6.07) is 6.18. The Labute approximate surface area is 100 Å². The topological polar surface area (TPSA) is 36.3 Å². The molecule has 90 valence electrons. The summed E-state index contributed by atoms with van der Waals surface area (Å²) in [6.07, 6.45) is 2.20. The summed E-state index contributed by atoms with van der Waals surface area (Å²) in [4.78, 5) is 2.20. The maximum atomic E-state index is 13.4. The van der Waals surface area contributed by atoms with E-state index in [1.807, 2.05) is 0 Å². The fraction of sp³-hybridized carbons (Fsp3) is 0.462. The molecule has 0 saturated carbocycles. The second kappa shape index (κ2) is 5.15. The summed E-state index contributed by atoms with van der Waals surface area (Å²) in [5.74, 6) is -0.0176. The molecule has 1 aromatic carbocycles. The number of hydrogen-bond acceptors (Lipinski definition) is 3. The number of benzene rings is 1. The lowest BCUT2D eigenvalue weighted by atomic mass is 10.1. The molecular formula is C13H15FN2O. The van der Waals surface area contributed by atoms with Crippen LogP contribution in [0.2, 0.25) is 0 Å². The van der Waals surface area contributed by atoms with Crippen molar-refractivity contribution in [3.05, 3.63) is 29.6 Å². The van der Waals surface area contributed by atoms with Gasteiger partial charge in [-0.25, -0.2) is 4.39 Å². The van der Waals surface area contributed by atoms with Crippen molar-refractivity contribution in [3.63, 3.8) is 0 Å². The van der Waals surface area contributed by atoms with Gasteiger partial charge in [-0.3, -0.25) is 0 Å². The van der Waals surface area contributed by atoms with Crippen LogP contribution in [0.5, 0.6) is 5.75 Å². The Bertz CT molecular complexity index is 442. The van der Waals surface area contributed by atoms with Crippen LogP contribution in [-0.2, 0) is 0 Å². The van der Waals surface area contributed by atoms with E-state index < -0.39 is 5.82 Å². The molecule has 0 amide bonds. The molecule has 1 aliphatic heterocycles. The van der Waals surface area contributed by atoms with Gasteiger partial charge in [0.05, 0.1) is 5.56 Å². The van der Waals surface area contributed by atoms with Crippen molar-refractivity contribution in [3.8, 4) is 11.8 Å². The minimum atomic E-state index is -0.519. The quantitative estimate of drug-likeness (QED) is 0.786. The van der Waals surface area contributed by atoms with Gasteiger partial charge in [-0.2, -0.15) is 5.26 Å². The lowest BCUT2D eigenvalue weighted by molar-refractivity contribution is 0.104. The molecule has 0 N–H and O–H groups in total. The van der Waals surface area contributed by atoms with Crippen LogP contribution in [0.4, 0.5) is 4.39 Å². The number of hydrogen-bond donors (Lipinski definition) is 0. The summed E-state index contributed by atoms with van der Waals surface area (Å²) in [7, 11) is 2.05. The van der Waals surface area contributed by atoms with Gasteiger partial charge >= 0.3 is 0 Å². The number of nitriles is 1. The second-order valence-corrected chi connectivity index (χ2v) is 4.40. The zero-order valence-corrected chi connectivity index (χ0v) is 9.82. The zero-order valence-electron chi connectivity index (χ0n) is 9.82. The normalized spacial score (nSPS) is 20.9. The Morgan fingerprint density at radius 3 is 3.00 bits per heavy atom. The third kappa shape index (κ3) is 2.95. The molecule has 0 spiro atoms. The van der Waals surface area contributed by atoms with E-state index in [1.165, 1.54) is 12.1 Å². The Kier molecular flexibility index (Phi) is 3.60. The van der Waals surface area contributed by atoms with E-state index in [0.29, 0.717) is 5.75 Å². The van der Waals surface area contributed by atoms with E-state index in [9.17, 15) is 4.39 Å². The third-order valence-electron chi connectivity index (χ3n) is 2.94. The highest BCUT2D eigenvalue weighted by molar-refractivity contribution is 5.36. The van der Waals surface area contributed by atoms with E-state index in [1.54, 1.807) is 12.1 Å². The third-order valence-corrected chi connectivity index (χ3v) is 2.94. The maximum Gasteiger partial charge on any atom is 0.144 e. The molecule has 1 heterocycles. The van der Waals surface area contributed by atoms with Gasteiger partial charge in [0.2, 0.25) is 0 Å². The summed E-state index contributed by atoms with van der Waals surface area (Å²) < 4.78 is 19.1. The van der Waals surface area contributed by atoms with Gasteiger partial charge in [0.1, 0.15) is 23.7 Å².